The third-order valence-corrected chi connectivity index (χ3v) is 5.55. The highest BCUT2D eigenvalue weighted by Crippen LogP contribution is 2.55. The quantitative estimate of drug-likeness (QED) is 0.661. The largest absolute Gasteiger partial charge is 0.483 e. The van der Waals surface area contributed by atoms with Crippen molar-refractivity contribution in [3.05, 3.63) is 32.8 Å². The molecule has 2 fully saturated rings. The average molecular weight is 355 g/mol. The number of hydrogen-bond donors (Lipinski definition) is 1. The SMILES string of the molecule is CNC1CC(Oc2ccc(Br)cc2[N+](=O)[O-])C12CCCC2. The molecule has 0 amide bonds. The fraction of sp³-hybridized carbons (Fsp3) is 0.600. The van der Waals surface area contributed by atoms with Crippen LogP contribution in [0.2, 0.25) is 0 Å². The fourth-order valence-corrected chi connectivity index (χ4v) is 4.26. The fourth-order valence-electron chi connectivity index (χ4n) is 3.91. The van der Waals surface area contributed by atoms with Gasteiger partial charge in [0, 0.05) is 28.4 Å². The number of halogens is 1. The van der Waals surface area contributed by atoms with E-state index < -0.39 is 0 Å². The van der Waals surface area contributed by atoms with E-state index >= 15 is 0 Å². The first-order valence-corrected chi connectivity index (χ1v) is 8.14. The number of ether oxygens (including phenoxy) is 1. The highest BCUT2D eigenvalue weighted by molar-refractivity contribution is 9.10. The summed E-state index contributed by atoms with van der Waals surface area (Å²) >= 11 is 3.27. The smallest absolute Gasteiger partial charge is 0.312 e. The van der Waals surface area contributed by atoms with Gasteiger partial charge in [-0.05, 0) is 32.0 Å². The second-order valence-electron chi connectivity index (χ2n) is 5.99. The minimum absolute atomic E-state index is 0.0328. The molecule has 1 aromatic carbocycles. The van der Waals surface area contributed by atoms with E-state index in [1.54, 1.807) is 12.1 Å². The molecule has 2 atom stereocenters. The maximum Gasteiger partial charge on any atom is 0.312 e. The lowest BCUT2D eigenvalue weighted by molar-refractivity contribution is -0.386. The molecule has 114 valence electrons. The molecule has 1 spiro atoms. The Morgan fingerprint density at radius 1 is 1.43 bits per heavy atom. The van der Waals surface area contributed by atoms with E-state index in [-0.39, 0.29) is 22.1 Å². The monoisotopic (exact) mass is 354 g/mol. The van der Waals surface area contributed by atoms with E-state index in [9.17, 15) is 10.1 Å². The van der Waals surface area contributed by atoms with Crippen molar-refractivity contribution in [1.29, 1.82) is 0 Å². The molecule has 1 aromatic rings. The summed E-state index contributed by atoms with van der Waals surface area (Å²) in [6, 6.07) is 5.46. The second-order valence-corrected chi connectivity index (χ2v) is 6.91. The number of rotatable bonds is 4. The first-order valence-electron chi connectivity index (χ1n) is 7.35. The number of hydrogen-bond acceptors (Lipinski definition) is 4. The lowest BCUT2D eigenvalue weighted by Gasteiger charge is -2.53. The molecule has 0 aromatic heterocycles. The first kappa shape index (κ1) is 14.8. The molecule has 0 bridgehead atoms. The Balaban J connectivity index is 1.83. The molecule has 21 heavy (non-hydrogen) atoms. The lowest BCUT2D eigenvalue weighted by Crippen LogP contribution is -2.63. The van der Waals surface area contributed by atoms with Crippen LogP contribution in [0.4, 0.5) is 5.69 Å². The van der Waals surface area contributed by atoms with Gasteiger partial charge in [0.15, 0.2) is 5.75 Å². The van der Waals surface area contributed by atoms with Gasteiger partial charge in [0.05, 0.1) is 4.92 Å². The Morgan fingerprint density at radius 3 is 2.76 bits per heavy atom. The van der Waals surface area contributed by atoms with Crippen molar-refractivity contribution in [1.82, 2.24) is 5.32 Å². The molecule has 2 saturated carbocycles. The van der Waals surface area contributed by atoms with Crippen molar-refractivity contribution >= 4 is 21.6 Å². The average Bonchev–Trinajstić information content (AvgIpc) is 2.96. The summed E-state index contributed by atoms with van der Waals surface area (Å²) in [5.74, 6) is 0.383. The van der Waals surface area contributed by atoms with Crippen LogP contribution < -0.4 is 10.1 Å². The van der Waals surface area contributed by atoms with E-state index in [2.05, 4.69) is 21.2 Å². The third-order valence-electron chi connectivity index (χ3n) is 5.05. The number of nitrogens with zero attached hydrogens (tertiary/aromatic N) is 1. The standard InChI is InChI=1S/C15H19BrN2O3/c1-17-13-9-14(15(13)6-2-3-7-15)21-12-5-4-10(16)8-11(12)18(19)20/h4-5,8,13-14,17H,2-3,6-7,9H2,1H3. The van der Waals surface area contributed by atoms with Crippen molar-refractivity contribution in [3.63, 3.8) is 0 Å². The maximum absolute atomic E-state index is 11.2. The maximum atomic E-state index is 11.2. The highest BCUT2D eigenvalue weighted by Gasteiger charge is 2.57. The third kappa shape index (κ3) is 2.44. The minimum Gasteiger partial charge on any atom is -0.483 e. The van der Waals surface area contributed by atoms with Gasteiger partial charge < -0.3 is 10.1 Å². The Kier molecular flexibility index (Phi) is 3.92. The molecule has 1 N–H and O–H groups in total. The van der Waals surface area contributed by atoms with E-state index in [1.807, 2.05) is 7.05 Å². The predicted octanol–water partition coefficient (Wildman–Crippen LogP) is 3.66. The summed E-state index contributed by atoms with van der Waals surface area (Å²) in [4.78, 5) is 10.8. The van der Waals surface area contributed by atoms with Gasteiger partial charge >= 0.3 is 5.69 Å². The van der Waals surface area contributed by atoms with Crippen molar-refractivity contribution in [3.8, 4) is 5.75 Å². The number of nitro benzene ring substituents is 1. The summed E-state index contributed by atoms with van der Waals surface area (Å²) in [5, 5.41) is 14.6. The van der Waals surface area contributed by atoms with Gasteiger partial charge in [-0.15, -0.1) is 0 Å². The molecule has 2 aliphatic rings. The molecule has 0 saturated heterocycles. The zero-order valence-corrected chi connectivity index (χ0v) is 13.6. The Hall–Kier alpha value is -1.14. The van der Waals surface area contributed by atoms with E-state index in [1.165, 1.54) is 18.9 Å². The summed E-state index contributed by atoms with van der Waals surface area (Å²) in [7, 11) is 1.99. The predicted molar refractivity (Wildman–Crippen MR) is 83.6 cm³/mol. The van der Waals surface area contributed by atoms with Crippen LogP contribution in [0, 0.1) is 15.5 Å². The van der Waals surface area contributed by atoms with Crippen LogP contribution in [-0.4, -0.2) is 24.1 Å². The molecule has 2 aliphatic carbocycles. The van der Waals surface area contributed by atoms with Crippen LogP contribution in [0.25, 0.3) is 0 Å². The van der Waals surface area contributed by atoms with E-state index in [0.29, 0.717) is 16.3 Å². The summed E-state index contributed by atoms with van der Waals surface area (Å²) in [6.07, 6.45) is 5.74. The molecule has 0 heterocycles. The molecular formula is C15H19BrN2O3. The van der Waals surface area contributed by atoms with Gasteiger partial charge in [0.1, 0.15) is 6.10 Å². The highest BCUT2D eigenvalue weighted by atomic mass is 79.9. The summed E-state index contributed by atoms with van der Waals surface area (Å²) < 4.78 is 6.76. The Morgan fingerprint density at radius 2 is 2.14 bits per heavy atom. The zero-order valence-electron chi connectivity index (χ0n) is 12.0. The van der Waals surface area contributed by atoms with Crippen LogP contribution in [0.15, 0.2) is 22.7 Å². The van der Waals surface area contributed by atoms with Gasteiger partial charge in [0.2, 0.25) is 0 Å². The van der Waals surface area contributed by atoms with Gasteiger partial charge in [-0.25, -0.2) is 0 Å². The summed E-state index contributed by atoms with van der Waals surface area (Å²) in [5.41, 5.74) is 0.195. The molecular weight excluding hydrogens is 336 g/mol. The van der Waals surface area contributed by atoms with Crippen molar-refractivity contribution in [2.75, 3.05) is 7.05 Å². The van der Waals surface area contributed by atoms with Crippen molar-refractivity contribution < 1.29 is 9.66 Å². The molecule has 2 unspecified atom stereocenters. The van der Waals surface area contributed by atoms with Crippen LogP contribution >= 0.6 is 15.9 Å². The van der Waals surface area contributed by atoms with Gasteiger partial charge in [-0.2, -0.15) is 0 Å². The molecule has 5 nitrogen and oxygen atoms in total. The Bertz CT molecular complexity index is 558. The van der Waals surface area contributed by atoms with Crippen molar-refractivity contribution in [2.45, 2.75) is 44.2 Å². The normalized spacial score (nSPS) is 26.6. The zero-order chi connectivity index (χ0) is 15.0. The van der Waals surface area contributed by atoms with Crippen LogP contribution in [-0.2, 0) is 0 Å². The second kappa shape index (κ2) is 5.57. The lowest BCUT2D eigenvalue weighted by atomic mass is 9.60. The molecule has 3 rings (SSSR count). The van der Waals surface area contributed by atoms with E-state index in [4.69, 9.17) is 4.74 Å². The number of nitro groups is 1. The van der Waals surface area contributed by atoms with E-state index in [0.717, 1.165) is 19.3 Å². The number of benzene rings is 1. The molecule has 0 aliphatic heterocycles. The van der Waals surface area contributed by atoms with Crippen LogP contribution in [0.5, 0.6) is 5.75 Å². The molecule has 0 radical (unpaired) electrons. The first-order chi connectivity index (χ1) is 10.1. The summed E-state index contributed by atoms with van der Waals surface area (Å²) in [6.45, 7) is 0. The van der Waals surface area contributed by atoms with Crippen LogP contribution in [0.3, 0.4) is 0 Å². The minimum atomic E-state index is -0.379. The topological polar surface area (TPSA) is 64.4 Å². The van der Waals surface area contributed by atoms with Crippen LogP contribution in [0.1, 0.15) is 32.1 Å². The molecule has 6 heteroatoms. The van der Waals surface area contributed by atoms with Gasteiger partial charge in [-0.1, -0.05) is 28.8 Å². The van der Waals surface area contributed by atoms with Gasteiger partial charge in [-0.3, -0.25) is 10.1 Å². The van der Waals surface area contributed by atoms with Crippen molar-refractivity contribution in [2.24, 2.45) is 5.41 Å². The van der Waals surface area contributed by atoms with Gasteiger partial charge in [0.25, 0.3) is 0 Å². The Labute approximate surface area is 132 Å². The number of nitrogens with one attached hydrogen (secondary N) is 1.